The molecule has 6 heteroatoms. The molecule has 0 aliphatic rings. The van der Waals surface area contributed by atoms with E-state index in [0.29, 0.717) is 16.2 Å². The lowest BCUT2D eigenvalue weighted by Crippen LogP contribution is -1.97. The van der Waals surface area contributed by atoms with E-state index >= 15 is 0 Å². The smallest absolute Gasteiger partial charge is 0.159 e. The first-order valence-electron chi connectivity index (χ1n) is 3.53. The third kappa shape index (κ3) is 2.10. The molecule has 2 heterocycles. The summed E-state index contributed by atoms with van der Waals surface area (Å²) >= 11 is 8.88. The second kappa shape index (κ2) is 3.51. The lowest BCUT2D eigenvalue weighted by Gasteiger charge is -1.93. The first-order valence-corrected chi connectivity index (χ1v) is 4.70. The first-order chi connectivity index (χ1) is 6.24. The third-order valence-electron chi connectivity index (χ3n) is 1.45. The molecule has 4 nitrogen and oxygen atoms in total. The van der Waals surface area contributed by atoms with E-state index in [-0.39, 0.29) is 0 Å². The predicted octanol–water partition coefficient (Wildman–Crippen LogP) is 2.34. The van der Waals surface area contributed by atoms with Gasteiger partial charge in [-0.25, -0.2) is 0 Å². The summed E-state index contributed by atoms with van der Waals surface area (Å²) in [6.45, 7) is 0.533. The van der Waals surface area contributed by atoms with Crippen LogP contribution >= 0.6 is 27.5 Å². The molecule has 0 amide bonds. The highest BCUT2D eigenvalue weighted by molar-refractivity contribution is 9.10. The zero-order valence-corrected chi connectivity index (χ0v) is 8.79. The average molecular weight is 262 g/mol. The molecule has 0 atom stereocenters. The van der Waals surface area contributed by atoms with Crippen LogP contribution in [0, 0.1) is 0 Å². The molecule has 0 spiro atoms. The average Bonchev–Trinajstić information content (AvgIpc) is 2.62. The van der Waals surface area contributed by atoms with Gasteiger partial charge < -0.3 is 4.52 Å². The second-order valence-electron chi connectivity index (χ2n) is 2.47. The van der Waals surface area contributed by atoms with E-state index in [2.05, 4.69) is 26.2 Å². The van der Waals surface area contributed by atoms with Gasteiger partial charge in [0, 0.05) is 12.3 Å². The number of hydrogen-bond donors (Lipinski definition) is 0. The van der Waals surface area contributed by atoms with Crippen molar-refractivity contribution in [1.82, 2.24) is 14.9 Å². The van der Waals surface area contributed by atoms with Crippen LogP contribution in [0.25, 0.3) is 0 Å². The maximum absolute atomic E-state index is 5.69. The molecular formula is C7H5BrClN3O. The molecule has 0 aliphatic carbocycles. The molecule has 2 aromatic rings. The van der Waals surface area contributed by atoms with Crippen LogP contribution in [-0.4, -0.2) is 14.9 Å². The lowest BCUT2D eigenvalue weighted by molar-refractivity contribution is 0.368. The SMILES string of the molecule is Clc1cnn(Cc2cc(Br)no2)c1. The van der Waals surface area contributed by atoms with Crippen LogP contribution in [0.5, 0.6) is 0 Å². The summed E-state index contributed by atoms with van der Waals surface area (Å²) in [7, 11) is 0. The molecular weight excluding hydrogens is 257 g/mol. The van der Waals surface area contributed by atoms with Gasteiger partial charge in [-0.3, -0.25) is 4.68 Å². The van der Waals surface area contributed by atoms with Gasteiger partial charge in [-0.05, 0) is 15.9 Å². The van der Waals surface area contributed by atoms with E-state index in [1.165, 1.54) is 0 Å². The van der Waals surface area contributed by atoms with Crippen molar-refractivity contribution in [3.63, 3.8) is 0 Å². The van der Waals surface area contributed by atoms with Gasteiger partial charge in [-0.1, -0.05) is 16.8 Å². The van der Waals surface area contributed by atoms with Gasteiger partial charge in [0.05, 0.1) is 11.2 Å². The fraction of sp³-hybridized carbons (Fsp3) is 0.143. The fourth-order valence-electron chi connectivity index (χ4n) is 0.947. The number of aromatic nitrogens is 3. The molecule has 0 saturated carbocycles. The summed E-state index contributed by atoms with van der Waals surface area (Å²) in [4.78, 5) is 0. The topological polar surface area (TPSA) is 43.9 Å². The third-order valence-corrected chi connectivity index (χ3v) is 2.02. The summed E-state index contributed by atoms with van der Waals surface area (Å²) in [5.74, 6) is 0.728. The standard InChI is InChI=1S/C7H5BrClN3O/c8-7-1-6(13-11-7)4-12-3-5(9)2-10-12/h1-3H,4H2. The van der Waals surface area contributed by atoms with Crippen LogP contribution in [0.3, 0.4) is 0 Å². The maximum Gasteiger partial charge on any atom is 0.159 e. The molecule has 0 radical (unpaired) electrons. The highest BCUT2D eigenvalue weighted by Crippen LogP contribution is 2.12. The molecule has 0 aliphatic heterocycles. The highest BCUT2D eigenvalue weighted by Gasteiger charge is 2.03. The van der Waals surface area contributed by atoms with Crippen LogP contribution < -0.4 is 0 Å². The minimum Gasteiger partial charge on any atom is -0.358 e. The van der Waals surface area contributed by atoms with Crippen LogP contribution in [0.4, 0.5) is 0 Å². The Labute approximate surface area is 87.6 Å². The quantitative estimate of drug-likeness (QED) is 0.834. The minimum atomic E-state index is 0.533. The second-order valence-corrected chi connectivity index (χ2v) is 3.72. The van der Waals surface area contributed by atoms with Gasteiger partial charge in [0.15, 0.2) is 5.76 Å². The molecule has 13 heavy (non-hydrogen) atoms. The van der Waals surface area contributed by atoms with Crippen molar-refractivity contribution in [2.24, 2.45) is 0 Å². The van der Waals surface area contributed by atoms with Gasteiger partial charge in [0.25, 0.3) is 0 Å². The van der Waals surface area contributed by atoms with Crippen LogP contribution in [0.15, 0.2) is 27.6 Å². The van der Waals surface area contributed by atoms with Gasteiger partial charge in [-0.2, -0.15) is 5.10 Å². The van der Waals surface area contributed by atoms with Gasteiger partial charge in [0.2, 0.25) is 0 Å². The molecule has 2 aromatic heterocycles. The Kier molecular flexibility index (Phi) is 2.37. The Morgan fingerprint density at radius 1 is 1.62 bits per heavy atom. The number of halogens is 2. The lowest BCUT2D eigenvalue weighted by atomic mass is 10.5. The number of nitrogens with zero attached hydrogens (tertiary/aromatic N) is 3. The van der Waals surface area contributed by atoms with Gasteiger partial charge in [-0.15, -0.1) is 0 Å². The Balaban J connectivity index is 2.14. The maximum atomic E-state index is 5.69. The molecule has 2 rings (SSSR count). The van der Waals surface area contributed by atoms with Crippen molar-refractivity contribution in [3.8, 4) is 0 Å². The zero-order chi connectivity index (χ0) is 9.26. The number of hydrogen-bond acceptors (Lipinski definition) is 3. The van der Waals surface area contributed by atoms with E-state index in [4.69, 9.17) is 16.1 Å². The highest BCUT2D eigenvalue weighted by atomic mass is 79.9. The Morgan fingerprint density at radius 3 is 3.00 bits per heavy atom. The molecule has 0 saturated heterocycles. The van der Waals surface area contributed by atoms with Gasteiger partial charge in [0.1, 0.15) is 11.1 Å². The molecule has 68 valence electrons. The zero-order valence-electron chi connectivity index (χ0n) is 6.44. The van der Waals surface area contributed by atoms with Gasteiger partial charge >= 0.3 is 0 Å². The number of rotatable bonds is 2. The fourth-order valence-corrected chi connectivity index (χ4v) is 1.43. The summed E-state index contributed by atoms with van der Waals surface area (Å²) in [6, 6.07) is 1.79. The van der Waals surface area contributed by atoms with Crippen molar-refractivity contribution in [2.45, 2.75) is 6.54 Å². The minimum absolute atomic E-state index is 0.533. The van der Waals surface area contributed by atoms with E-state index in [1.54, 1.807) is 23.1 Å². The monoisotopic (exact) mass is 261 g/mol. The molecule has 0 bridgehead atoms. The molecule has 0 N–H and O–H groups in total. The summed E-state index contributed by atoms with van der Waals surface area (Å²) in [5, 5.41) is 8.30. The van der Waals surface area contributed by atoms with Crippen molar-refractivity contribution in [2.75, 3.05) is 0 Å². The van der Waals surface area contributed by atoms with E-state index in [0.717, 1.165) is 5.76 Å². The predicted molar refractivity (Wildman–Crippen MR) is 50.5 cm³/mol. The van der Waals surface area contributed by atoms with E-state index in [9.17, 15) is 0 Å². The van der Waals surface area contributed by atoms with Crippen molar-refractivity contribution in [1.29, 1.82) is 0 Å². The van der Waals surface area contributed by atoms with Crippen LogP contribution in [0.2, 0.25) is 5.02 Å². The summed E-state index contributed by atoms with van der Waals surface area (Å²) < 4.78 is 7.33. The Hall–Kier alpha value is -0.810. The van der Waals surface area contributed by atoms with Crippen LogP contribution in [0.1, 0.15) is 5.76 Å². The summed E-state index contributed by atoms with van der Waals surface area (Å²) in [5.41, 5.74) is 0. The molecule has 0 unspecified atom stereocenters. The van der Waals surface area contributed by atoms with Crippen molar-refractivity contribution >= 4 is 27.5 Å². The normalized spacial score (nSPS) is 10.6. The van der Waals surface area contributed by atoms with Crippen molar-refractivity contribution < 1.29 is 4.52 Å². The Bertz CT molecular complexity index is 373. The molecule has 0 fully saturated rings. The molecule has 0 aromatic carbocycles. The largest absolute Gasteiger partial charge is 0.358 e. The van der Waals surface area contributed by atoms with Crippen molar-refractivity contribution in [3.05, 3.63) is 33.8 Å². The van der Waals surface area contributed by atoms with Crippen LogP contribution in [-0.2, 0) is 6.54 Å². The first kappa shape index (κ1) is 8.77. The Morgan fingerprint density at radius 2 is 2.46 bits per heavy atom. The summed E-state index contributed by atoms with van der Waals surface area (Å²) in [6.07, 6.45) is 3.30. The van der Waals surface area contributed by atoms with E-state index in [1.807, 2.05) is 0 Å². The van der Waals surface area contributed by atoms with E-state index < -0.39 is 0 Å².